The zero-order valence-corrected chi connectivity index (χ0v) is 13.7. The van der Waals surface area contributed by atoms with Gasteiger partial charge in [-0.2, -0.15) is 4.31 Å². The third-order valence-electron chi connectivity index (χ3n) is 3.91. The average Bonchev–Trinajstić information content (AvgIpc) is 2.47. The third-order valence-corrected chi connectivity index (χ3v) is 5.82. The molecule has 0 saturated carbocycles. The molecule has 0 fully saturated rings. The summed E-state index contributed by atoms with van der Waals surface area (Å²) in [4.78, 5) is 0.338. The van der Waals surface area contributed by atoms with E-state index in [4.69, 9.17) is 5.73 Å². The maximum atomic E-state index is 12.6. The van der Waals surface area contributed by atoms with Gasteiger partial charge in [0.05, 0.1) is 4.90 Å². The molecule has 0 bridgehead atoms. The Balaban J connectivity index is 3.22. The van der Waals surface area contributed by atoms with Crippen LogP contribution < -0.4 is 5.73 Å². The largest absolute Gasteiger partial charge is 0.326 e. The molecule has 0 aliphatic rings. The molecule has 4 nitrogen and oxygen atoms in total. The lowest BCUT2D eigenvalue weighted by Gasteiger charge is -2.26. The SMILES string of the molecule is CCc1ccc(S(=O)(=O)N(C)C(CC)CC)cc1CN. The number of benzene rings is 1. The fraction of sp³-hybridized carbons (Fsp3) is 0.600. The average molecular weight is 298 g/mol. The van der Waals surface area contributed by atoms with Crippen LogP contribution in [-0.4, -0.2) is 25.8 Å². The first-order valence-corrected chi connectivity index (χ1v) is 8.66. The second-order valence-electron chi connectivity index (χ2n) is 4.98. The number of hydrogen-bond donors (Lipinski definition) is 1. The first-order chi connectivity index (χ1) is 9.42. The van der Waals surface area contributed by atoms with Gasteiger partial charge in [-0.1, -0.05) is 26.8 Å². The Kier molecular flexibility index (Phi) is 6.17. The summed E-state index contributed by atoms with van der Waals surface area (Å²) in [7, 11) is -1.79. The second kappa shape index (κ2) is 7.20. The molecule has 0 radical (unpaired) electrons. The minimum absolute atomic E-state index is 0.0344. The molecule has 0 atom stereocenters. The van der Waals surface area contributed by atoms with Crippen molar-refractivity contribution < 1.29 is 8.42 Å². The number of hydrogen-bond acceptors (Lipinski definition) is 3. The van der Waals surface area contributed by atoms with Crippen LogP contribution >= 0.6 is 0 Å². The van der Waals surface area contributed by atoms with E-state index >= 15 is 0 Å². The van der Waals surface area contributed by atoms with E-state index in [1.807, 2.05) is 26.8 Å². The maximum absolute atomic E-state index is 12.6. The van der Waals surface area contributed by atoms with Crippen molar-refractivity contribution in [3.05, 3.63) is 29.3 Å². The summed E-state index contributed by atoms with van der Waals surface area (Å²) in [5.41, 5.74) is 7.74. The van der Waals surface area contributed by atoms with Crippen LogP contribution in [0.1, 0.15) is 44.7 Å². The Bertz CT molecular complexity index is 537. The summed E-state index contributed by atoms with van der Waals surface area (Å²) in [6, 6.07) is 5.31. The van der Waals surface area contributed by atoms with Gasteiger partial charge in [0.15, 0.2) is 0 Å². The van der Waals surface area contributed by atoms with Gasteiger partial charge in [-0.25, -0.2) is 8.42 Å². The van der Waals surface area contributed by atoms with E-state index in [0.717, 1.165) is 30.4 Å². The van der Waals surface area contributed by atoms with Gasteiger partial charge < -0.3 is 5.73 Å². The van der Waals surface area contributed by atoms with Crippen molar-refractivity contribution in [3.8, 4) is 0 Å². The van der Waals surface area contributed by atoms with Crippen molar-refractivity contribution >= 4 is 10.0 Å². The number of nitrogens with zero attached hydrogens (tertiary/aromatic N) is 1. The van der Waals surface area contributed by atoms with Crippen LogP contribution in [0.15, 0.2) is 23.1 Å². The predicted molar refractivity (Wildman–Crippen MR) is 83.0 cm³/mol. The predicted octanol–water partition coefficient (Wildman–Crippen LogP) is 2.52. The van der Waals surface area contributed by atoms with Crippen molar-refractivity contribution in [2.24, 2.45) is 5.73 Å². The summed E-state index contributed by atoms with van der Waals surface area (Å²) < 4.78 is 26.8. The minimum atomic E-state index is -3.44. The fourth-order valence-electron chi connectivity index (χ4n) is 2.46. The summed E-state index contributed by atoms with van der Waals surface area (Å²) in [5.74, 6) is 0. The highest BCUT2D eigenvalue weighted by atomic mass is 32.2. The highest BCUT2D eigenvalue weighted by Gasteiger charge is 2.26. The van der Waals surface area contributed by atoms with Gasteiger partial charge in [0.1, 0.15) is 0 Å². The number of nitrogens with two attached hydrogens (primary N) is 1. The molecular weight excluding hydrogens is 272 g/mol. The van der Waals surface area contributed by atoms with Crippen molar-refractivity contribution in [3.63, 3.8) is 0 Å². The fourth-order valence-corrected chi connectivity index (χ4v) is 4.02. The van der Waals surface area contributed by atoms with Crippen molar-refractivity contribution in [1.29, 1.82) is 0 Å². The van der Waals surface area contributed by atoms with Crippen LogP contribution in [0.25, 0.3) is 0 Å². The molecule has 1 aromatic rings. The molecule has 20 heavy (non-hydrogen) atoms. The standard InChI is InChI=1S/C15H26N2O2S/c1-5-12-8-9-15(10-13(12)11-16)20(18,19)17(4)14(6-2)7-3/h8-10,14H,5-7,11,16H2,1-4H3. The van der Waals surface area contributed by atoms with Gasteiger partial charge in [-0.15, -0.1) is 0 Å². The van der Waals surface area contributed by atoms with Crippen LogP contribution in [0, 0.1) is 0 Å². The van der Waals surface area contributed by atoms with Crippen molar-refractivity contribution in [1.82, 2.24) is 4.31 Å². The van der Waals surface area contributed by atoms with E-state index in [9.17, 15) is 8.42 Å². The molecule has 0 unspecified atom stereocenters. The molecule has 0 heterocycles. The normalized spacial score (nSPS) is 12.3. The Morgan fingerprint density at radius 1 is 1.15 bits per heavy atom. The summed E-state index contributed by atoms with van der Waals surface area (Å²) in [5, 5.41) is 0. The van der Waals surface area contributed by atoms with Crippen molar-refractivity contribution in [2.75, 3.05) is 7.05 Å². The van der Waals surface area contributed by atoms with E-state index in [2.05, 4.69) is 0 Å². The smallest absolute Gasteiger partial charge is 0.243 e. The molecular formula is C15H26N2O2S. The monoisotopic (exact) mass is 298 g/mol. The summed E-state index contributed by atoms with van der Waals surface area (Å²) in [6.45, 7) is 6.41. The van der Waals surface area contributed by atoms with Crippen LogP contribution in [0.5, 0.6) is 0 Å². The quantitative estimate of drug-likeness (QED) is 0.841. The lowest BCUT2D eigenvalue weighted by molar-refractivity contribution is 0.349. The van der Waals surface area contributed by atoms with E-state index in [1.54, 1.807) is 19.2 Å². The highest BCUT2D eigenvalue weighted by Crippen LogP contribution is 2.22. The van der Waals surface area contributed by atoms with Gasteiger partial charge in [0.25, 0.3) is 0 Å². The van der Waals surface area contributed by atoms with E-state index in [0.29, 0.717) is 11.4 Å². The number of aryl methyl sites for hydroxylation is 1. The molecule has 0 saturated heterocycles. The van der Waals surface area contributed by atoms with Gasteiger partial charge >= 0.3 is 0 Å². The zero-order valence-electron chi connectivity index (χ0n) is 12.9. The van der Waals surface area contributed by atoms with Gasteiger partial charge in [0.2, 0.25) is 10.0 Å². The Morgan fingerprint density at radius 3 is 2.20 bits per heavy atom. The minimum Gasteiger partial charge on any atom is -0.326 e. The molecule has 1 rings (SSSR count). The van der Waals surface area contributed by atoms with E-state index in [-0.39, 0.29) is 6.04 Å². The van der Waals surface area contributed by atoms with Crippen LogP contribution in [0.3, 0.4) is 0 Å². The maximum Gasteiger partial charge on any atom is 0.243 e. The first-order valence-electron chi connectivity index (χ1n) is 7.22. The molecule has 0 amide bonds. The first kappa shape index (κ1) is 17.1. The molecule has 0 aliphatic carbocycles. The van der Waals surface area contributed by atoms with Crippen LogP contribution in [0.2, 0.25) is 0 Å². The van der Waals surface area contributed by atoms with E-state index < -0.39 is 10.0 Å². The lowest BCUT2D eigenvalue weighted by atomic mass is 10.1. The molecule has 2 N–H and O–H groups in total. The van der Waals surface area contributed by atoms with Crippen molar-refractivity contribution in [2.45, 2.75) is 57.5 Å². The Morgan fingerprint density at radius 2 is 1.75 bits per heavy atom. The zero-order chi connectivity index (χ0) is 15.3. The summed E-state index contributed by atoms with van der Waals surface area (Å²) in [6.07, 6.45) is 2.47. The van der Waals surface area contributed by atoms with Gasteiger partial charge in [-0.05, 0) is 42.5 Å². The van der Waals surface area contributed by atoms with Crippen LogP contribution in [0.4, 0.5) is 0 Å². The van der Waals surface area contributed by atoms with Crippen LogP contribution in [-0.2, 0) is 23.0 Å². The topological polar surface area (TPSA) is 63.4 Å². The van der Waals surface area contributed by atoms with Gasteiger partial charge in [-0.3, -0.25) is 0 Å². The van der Waals surface area contributed by atoms with Gasteiger partial charge in [0, 0.05) is 19.6 Å². The second-order valence-corrected chi connectivity index (χ2v) is 6.98. The Labute approximate surface area is 123 Å². The molecule has 1 aromatic carbocycles. The Hall–Kier alpha value is -0.910. The lowest BCUT2D eigenvalue weighted by Crippen LogP contribution is -2.36. The molecule has 114 valence electrons. The molecule has 0 aromatic heterocycles. The third kappa shape index (κ3) is 3.40. The molecule has 0 aliphatic heterocycles. The summed E-state index contributed by atoms with van der Waals surface area (Å²) >= 11 is 0. The number of rotatable bonds is 7. The molecule has 5 heteroatoms. The highest BCUT2D eigenvalue weighted by molar-refractivity contribution is 7.89. The van der Waals surface area contributed by atoms with E-state index in [1.165, 1.54) is 4.31 Å². The molecule has 0 spiro atoms. The number of sulfonamides is 1.